The molecule has 0 fully saturated rings. The van der Waals surface area contributed by atoms with Crippen molar-refractivity contribution in [3.63, 3.8) is 0 Å². The highest BCUT2D eigenvalue weighted by molar-refractivity contribution is 7.93. The van der Waals surface area contributed by atoms with E-state index >= 15 is 0 Å². The van der Waals surface area contributed by atoms with E-state index in [4.69, 9.17) is 0 Å². The van der Waals surface area contributed by atoms with Crippen molar-refractivity contribution in [2.75, 3.05) is 4.31 Å². The lowest BCUT2D eigenvalue weighted by Crippen LogP contribution is -2.28. The number of hydrogen-bond acceptors (Lipinski definition) is 3. The topological polar surface area (TPSA) is 54.5 Å². The summed E-state index contributed by atoms with van der Waals surface area (Å²) in [6.45, 7) is 5.52. The van der Waals surface area contributed by atoms with Gasteiger partial charge in [0.15, 0.2) is 0 Å². The Kier molecular flexibility index (Phi) is 2.95. The second-order valence-electron chi connectivity index (χ2n) is 4.88. The standard InChI is InChI=1S/C16H13NO3S/c1-11-7-9-13(10-8-11)21(19,20)17-12(2)16(18)14-5-3-4-6-15(14)17/h3-10H,2H2,1H3. The number of allylic oxidation sites excluding steroid dienone is 1. The fraction of sp³-hybridized carbons (Fsp3) is 0.0625. The number of carbonyl (C=O) groups excluding carboxylic acids is 1. The van der Waals surface area contributed by atoms with E-state index in [0.717, 1.165) is 9.87 Å². The molecule has 4 nitrogen and oxygen atoms in total. The highest BCUT2D eigenvalue weighted by Crippen LogP contribution is 2.37. The van der Waals surface area contributed by atoms with Gasteiger partial charge >= 0.3 is 0 Å². The Morgan fingerprint density at radius 2 is 1.62 bits per heavy atom. The summed E-state index contributed by atoms with van der Waals surface area (Å²) in [6.07, 6.45) is 0. The van der Waals surface area contributed by atoms with Crippen molar-refractivity contribution in [2.24, 2.45) is 0 Å². The molecule has 21 heavy (non-hydrogen) atoms. The summed E-state index contributed by atoms with van der Waals surface area (Å²) < 4.78 is 26.6. The van der Waals surface area contributed by atoms with E-state index in [2.05, 4.69) is 6.58 Å². The van der Waals surface area contributed by atoms with Crippen molar-refractivity contribution in [1.29, 1.82) is 0 Å². The molecule has 0 saturated carbocycles. The van der Waals surface area contributed by atoms with Crippen LogP contribution in [0.15, 0.2) is 65.7 Å². The third-order valence-electron chi connectivity index (χ3n) is 3.43. The molecule has 0 bridgehead atoms. The molecule has 0 N–H and O–H groups in total. The predicted molar refractivity (Wildman–Crippen MR) is 80.8 cm³/mol. The molecule has 1 aliphatic rings. The van der Waals surface area contributed by atoms with Crippen molar-refractivity contribution in [1.82, 2.24) is 0 Å². The summed E-state index contributed by atoms with van der Waals surface area (Å²) in [5, 5.41) is 0. The SMILES string of the molecule is C=C1C(=O)c2ccccc2N1S(=O)(=O)c1ccc(C)cc1. The van der Waals surface area contributed by atoms with E-state index in [0.29, 0.717) is 11.3 Å². The number of Topliss-reactive ketones (excluding diaryl/α,β-unsaturated/α-hetero) is 1. The predicted octanol–water partition coefficient (Wildman–Crippen LogP) is 2.90. The maximum atomic E-state index is 12.8. The quantitative estimate of drug-likeness (QED) is 0.801. The number of sulfonamides is 1. The van der Waals surface area contributed by atoms with Gasteiger partial charge in [0.25, 0.3) is 10.0 Å². The van der Waals surface area contributed by atoms with Crippen LogP contribution in [0.3, 0.4) is 0 Å². The summed E-state index contributed by atoms with van der Waals surface area (Å²) in [5.74, 6) is -0.360. The molecule has 0 aliphatic carbocycles. The van der Waals surface area contributed by atoms with Gasteiger partial charge in [-0.15, -0.1) is 0 Å². The van der Waals surface area contributed by atoms with Crippen molar-refractivity contribution in [2.45, 2.75) is 11.8 Å². The zero-order valence-electron chi connectivity index (χ0n) is 11.4. The Bertz CT molecular complexity index is 851. The monoisotopic (exact) mass is 299 g/mol. The van der Waals surface area contributed by atoms with Crippen LogP contribution in [0, 0.1) is 6.92 Å². The van der Waals surface area contributed by atoms with Gasteiger partial charge in [-0.3, -0.25) is 4.79 Å². The minimum atomic E-state index is -3.84. The van der Waals surface area contributed by atoms with Gasteiger partial charge in [0.2, 0.25) is 5.78 Å². The average Bonchev–Trinajstić information content (AvgIpc) is 2.72. The zero-order valence-corrected chi connectivity index (χ0v) is 12.2. The Hall–Kier alpha value is -2.40. The van der Waals surface area contributed by atoms with Crippen molar-refractivity contribution < 1.29 is 13.2 Å². The summed E-state index contributed by atoms with van der Waals surface area (Å²) in [5.41, 5.74) is 1.63. The molecule has 0 atom stereocenters. The third kappa shape index (κ3) is 1.97. The maximum Gasteiger partial charge on any atom is 0.268 e. The van der Waals surface area contributed by atoms with Crippen LogP contribution < -0.4 is 4.31 Å². The Morgan fingerprint density at radius 3 is 2.29 bits per heavy atom. The molecule has 2 aromatic rings. The largest absolute Gasteiger partial charge is 0.287 e. The van der Waals surface area contributed by atoms with Gasteiger partial charge in [0.05, 0.1) is 16.3 Å². The van der Waals surface area contributed by atoms with Gasteiger partial charge in [0, 0.05) is 5.56 Å². The van der Waals surface area contributed by atoms with Gasteiger partial charge in [-0.1, -0.05) is 36.4 Å². The van der Waals surface area contributed by atoms with Gasteiger partial charge in [-0.05, 0) is 31.2 Å². The van der Waals surface area contributed by atoms with E-state index in [-0.39, 0.29) is 16.4 Å². The van der Waals surface area contributed by atoms with Crippen LogP contribution in [0.25, 0.3) is 0 Å². The minimum absolute atomic E-state index is 0.0447. The molecule has 3 rings (SSSR count). The van der Waals surface area contributed by atoms with Gasteiger partial charge in [-0.2, -0.15) is 0 Å². The first-order chi connectivity index (χ1) is 9.93. The van der Waals surface area contributed by atoms with Crippen molar-refractivity contribution >= 4 is 21.5 Å². The molecule has 0 radical (unpaired) electrons. The van der Waals surface area contributed by atoms with E-state index in [1.807, 2.05) is 6.92 Å². The number of rotatable bonds is 2. The number of fused-ring (bicyclic) bond motifs is 1. The molecule has 106 valence electrons. The summed E-state index contributed by atoms with van der Waals surface area (Å²) in [4.78, 5) is 12.3. The normalized spacial score (nSPS) is 14.4. The molecule has 5 heteroatoms. The lowest BCUT2D eigenvalue weighted by Gasteiger charge is -2.19. The number of aryl methyl sites for hydroxylation is 1. The lowest BCUT2D eigenvalue weighted by atomic mass is 10.1. The van der Waals surface area contributed by atoms with Crippen LogP contribution in [0.5, 0.6) is 0 Å². The van der Waals surface area contributed by atoms with Gasteiger partial charge in [0.1, 0.15) is 0 Å². The molecule has 0 saturated heterocycles. The number of ketones is 1. The molecule has 2 aromatic carbocycles. The number of nitrogens with zero attached hydrogens (tertiary/aromatic N) is 1. The van der Waals surface area contributed by atoms with Crippen LogP contribution in [-0.2, 0) is 10.0 Å². The first-order valence-corrected chi connectivity index (χ1v) is 7.81. The van der Waals surface area contributed by atoms with E-state index < -0.39 is 10.0 Å². The molecular formula is C16H13NO3S. The molecule has 1 heterocycles. The van der Waals surface area contributed by atoms with Gasteiger partial charge in [-0.25, -0.2) is 12.7 Å². The highest BCUT2D eigenvalue weighted by atomic mass is 32.2. The van der Waals surface area contributed by atoms with Crippen molar-refractivity contribution in [3.8, 4) is 0 Å². The Labute approximate surface area is 123 Å². The summed E-state index contributed by atoms with van der Waals surface area (Å²) in [6, 6.07) is 13.1. The highest BCUT2D eigenvalue weighted by Gasteiger charge is 2.38. The molecule has 0 amide bonds. The molecule has 1 aliphatic heterocycles. The van der Waals surface area contributed by atoms with Crippen molar-refractivity contribution in [3.05, 3.63) is 71.9 Å². The number of hydrogen-bond donors (Lipinski definition) is 0. The zero-order chi connectivity index (χ0) is 15.2. The second kappa shape index (κ2) is 4.56. The smallest absolute Gasteiger partial charge is 0.268 e. The summed E-state index contributed by atoms with van der Waals surface area (Å²) >= 11 is 0. The Morgan fingerprint density at radius 1 is 1.00 bits per heavy atom. The van der Waals surface area contributed by atoms with E-state index in [9.17, 15) is 13.2 Å². The molecule has 0 aromatic heterocycles. The van der Waals surface area contributed by atoms with Crippen LogP contribution in [0.1, 0.15) is 15.9 Å². The summed E-state index contributed by atoms with van der Waals surface area (Å²) in [7, 11) is -3.84. The Balaban J connectivity index is 2.18. The van der Waals surface area contributed by atoms with Crippen LogP contribution in [-0.4, -0.2) is 14.2 Å². The first kappa shape index (κ1) is 13.6. The minimum Gasteiger partial charge on any atom is -0.287 e. The first-order valence-electron chi connectivity index (χ1n) is 6.37. The molecule has 0 spiro atoms. The van der Waals surface area contributed by atoms with Gasteiger partial charge < -0.3 is 0 Å². The number of carbonyl (C=O) groups is 1. The maximum absolute atomic E-state index is 12.8. The van der Waals surface area contributed by atoms with Crippen LogP contribution >= 0.6 is 0 Å². The van der Waals surface area contributed by atoms with E-state index in [1.54, 1.807) is 36.4 Å². The third-order valence-corrected chi connectivity index (χ3v) is 5.20. The fourth-order valence-corrected chi connectivity index (χ4v) is 3.81. The number of para-hydroxylation sites is 1. The number of benzene rings is 2. The average molecular weight is 299 g/mol. The van der Waals surface area contributed by atoms with Crippen LogP contribution in [0.4, 0.5) is 5.69 Å². The fourth-order valence-electron chi connectivity index (χ4n) is 2.33. The number of anilines is 1. The van der Waals surface area contributed by atoms with Crippen LogP contribution in [0.2, 0.25) is 0 Å². The second-order valence-corrected chi connectivity index (χ2v) is 6.66. The lowest BCUT2D eigenvalue weighted by molar-refractivity contribution is 0.104. The molecular weight excluding hydrogens is 286 g/mol. The van der Waals surface area contributed by atoms with E-state index in [1.165, 1.54) is 12.1 Å². The molecule has 0 unspecified atom stereocenters.